The number of fused-ring (bicyclic) bond motifs is 1. The lowest BCUT2D eigenvalue weighted by atomic mass is 9.94. The van der Waals surface area contributed by atoms with E-state index in [0.717, 1.165) is 0 Å². The normalized spacial score (nSPS) is 10.5. The van der Waals surface area contributed by atoms with Gasteiger partial charge in [0.1, 0.15) is 0 Å². The van der Waals surface area contributed by atoms with Gasteiger partial charge in [0, 0.05) is 23.8 Å². The van der Waals surface area contributed by atoms with Crippen molar-refractivity contribution in [2.75, 3.05) is 0 Å². The van der Waals surface area contributed by atoms with Gasteiger partial charge >= 0.3 is 0 Å². The number of rotatable bonds is 2. The van der Waals surface area contributed by atoms with Crippen LogP contribution in [-0.4, -0.2) is 0 Å². The van der Waals surface area contributed by atoms with Crippen LogP contribution in [0.15, 0.2) is 85.2 Å². The second kappa shape index (κ2) is 7.20. The third-order valence-corrected chi connectivity index (χ3v) is 4.43. The maximum atomic E-state index is 2.28. The molecule has 4 aromatic rings. The molecule has 0 saturated heterocycles. The van der Waals surface area contributed by atoms with Crippen molar-refractivity contribution in [2.24, 2.45) is 0 Å². The Morgan fingerprint density at radius 2 is 1.28 bits per heavy atom. The summed E-state index contributed by atoms with van der Waals surface area (Å²) in [5, 5.41) is 0. The minimum atomic E-state index is 0. The fraction of sp³-hybridized carbons (Fsp3) is 0.0870. The van der Waals surface area contributed by atoms with Crippen molar-refractivity contribution in [3.8, 4) is 22.3 Å². The Balaban J connectivity index is 0.00000182. The number of aryl methyl sites for hydroxylation is 2. The highest BCUT2D eigenvalue weighted by Gasteiger charge is 2.14. The number of pyridine rings is 2. The fourth-order valence-electron chi connectivity index (χ4n) is 3.24. The van der Waals surface area contributed by atoms with Crippen LogP contribution in [0.25, 0.3) is 27.8 Å². The summed E-state index contributed by atoms with van der Waals surface area (Å²) < 4.78 is 2.19. The second-order valence-corrected chi connectivity index (χ2v) is 6.37. The smallest absolute Gasteiger partial charge is 0.211 e. The van der Waals surface area contributed by atoms with Gasteiger partial charge < -0.3 is 17.0 Å². The molecule has 0 N–H and O–H groups in total. The molecule has 2 heterocycles. The lowest BCUT2D eigenvalue weighted by Gasteiger charge is -2.10. The third-order valence-electron chi connectivity index (χ3n) is 4.43. The molecule has 0 spiro atoms. The van der Waals surface area contributed by atoms with Gasteiger partial charge in [0.2, 0.25) is 5.52 Å². The molecule has 0 amide bonds. The maximum Gasteiger partial charge on any atom is 0.211 e. The van der Waals surface area contributed by atoms with E-state index in [-0.39, 0.29) is 17.0 Å². The van der Waals surface area contributed by atoms with Gasteiger partial charge in [-0.15, -0.1) is 0 Å². The first-order chi connectivity index (χ1) is 11.7. The molecule has 0 unspecified atom stereocenters. The molecule has 0 aliphatic rings. The minimum absolute atomic E-state index is 0. The molecule has 25 heavy (non-hydrogen) atoms. The van der Waals surface area contributed by atoms with E-state index in [4.69, 9.17) is 0 Å². The molecule has 2 heteroatoms. The number of hydrogen-bond donors (Lipinski definition) is 0. The van der Waals surface area contributed by atoms with E-state index >= 15 is 0 Å². The topological polar surface area (TPSA) is 4.10 Å². The Hall–Kier alpha value is -2.45. The summed E-state index contributed by atoms with van der Waals surface area (Å²) >= 11 is 0. The molecule has 2 aromatic heterocycles. The number of halogens is 1. The highest BCUT2D eigenvalue weighted by molar-refractivity contribution is 5.84. The molecule has 0 bridgehead atoms. The molecule has 1 nitrogen and oxygen atoms in total. The second-order valence-electron chi connectivity index (χ2n) is 6.37. The number of nitrogens with zero attached hydrogens (tertiary/aromatic N) is 1. The van der Waals surface area contributed by atoms with Crippen LogP contribution in [0.4, 0.5) is 0 Å². The zero-order valence-electron chi connectivity index (χ0n) is 14.4. The highest BCUT2D eigenvalue weighted by Crippen LogP contribution is 2.32. The van der Waals surface area contributed by atoms with Gasteiger partial charge in [-0.25, -0.2) is 0 Å². The van der Waals surface area contributed by atoms with Crippen molar-refractivity contribution >= 4 is 5.52 Å². The van der Waals surface area contributed by atoms with Gasteiger partial charge in [-0.05, 0) is 31.0 Å². The minimum Gasteiger partial charge on any atom is -1.00 e. The van der Waals surface area contributed by atoms with Crippen LogP contribution in [0.5, 0.6) is 0 Å². The monoisotopic (exact) mass is 389 g/mol. The molecule has 0 aliphatic carbocycles. The molecule has 0 radical (unpaired) electrons. The average molecular weight is 390 g/mol. The SMILES string of the molecule is Cc1cccc(-c2cc3cccc[n+]3cc2-c2cccc(C)c2)c1.[Br-]. The molecule has 0 aliphatic heterocycles. The Bertz CT molecular complexity index is 953. The third kappa shape index (κ3) is 3.49. The predicted octanol–water partition coefficient (Wildman–Crippen LogP) is 2.38. The zero-order chi connectivity index (χ0) is 16.5. The van der Waals surface area contributed by atoms with Crippen molar-refractivity contribution in [3.63, 3.8) is 0 Å². The van der Waals surface area contributed by atoms with Gasteiger partial charge in [0.05, 0.1) is 5.56 Å². The summed E-state index contributed by atoms with van der Waals surface area (Å²) in [4.78, 5) is 0. The summed E-state index contributed by atoms with van der Waals surface area (Å²) in [7, 11) is 0. The molecule has 4 rings (SSSR count). The number of benzene rings is 2. The Morgan fingerprint density at radius 1 is 0.640 bits per heavy atom. The zero-order valence-corrected chi connectivity index (χ0v) is 16.0. The predicted molar refractivity (Wildman–Crippen MR) is 99.9 cm³/mol. The van der Waals surface area contributed by atoms with E-state index in [2.05, 4.69) is 103 Å². The van der Waals surface area contributed by atoms with Crippen molar-refractivity contribution < 1.29 is 21.4 Å². The van der Waals surface area contributed by atoms with E-state index < -0.39 is 0 Å². The summed E-state index contributed by atoms with van der Waals surface area (Å²) in [6, 6.07) is 26.0. The summed E-state index contributed by atoms with van der Waals surface area (Å²) in [6.45, 7) is 4.29. The van der Waals surface area contributed by atoms with E-state index in [9.17, 15) is 0 Å². The molecular formula is C23H20BrN. The lowest BCUT2D eigenvalue weighted by molar-refractivity contribution is -0.511. The van der Waals surface area contributed by atoms with Crippen molar-refractivity contribution in [1.29, 1.82) is 0 Å². The van der Waals surface area contributed by atoms with Gasteiger partial charge in [0.15, 0.2) is 12.4 Å². The Labute approximate surface area is 159 Å². The number of hydrogen-bond acceptors (Lipinski definition) is 0. The first kappa shape index (κ1) is 17.4. The Morgan fingerprint density at radius 3 is 1.92 bits per heavy atom. The van der Waals surface area contributed by atoms with E-state index in [1.165, 1.54) is 38.9 Å². The van der Waals surface area contributed by atoms with Crippen molar-refractivity contribution in [2.45, 2.75) is 13.8 Å². The Kier molecular flexibility index (Phi) is 5.00. The fourth-order valence-corrected chi connectivity index (χ4v) is 3.24. The van der Waals surface area contributed by atoms with Crippen LogP contribution < -0.4 is 21.4 Å². The maximum absolute atomic E-state index is 2.28. The largest absolute Gasteiger partial charge is 1.00 e. The summed E-state index contributed by atoms with van der Waals surface area (Å²) in [5.74, 6) is 0. The van der Waals surface area contributed by atoms with Crippen LogP contribution in [0, 0.1) is 13.8 Å². The van der Waals surface area contributed by atoms with Crippen LogP contribution in [0.1, 0.15) is 11.1 Å². The van der Waals surface area contributed by atoms with Gasteiger partial charge in [-0.1, -0.05) is 59.7 Å². The van der Waals surface area contributed by atoms with Crippen LogP contribution in [0.3, 0.4) is 0 Å². The van der Waals surface area contributed by atoms with E-state index in [1.807, 2.05) is 0 Å². The van der Waals surface area contributed by atoms with E-state index in [0.29, 0.717) is 0 Å². The first-order valence-electron chi connectivity index (χ1n) is 8.29. The quantitative estimate of drug-likeness (QED) is 0.463. The van der Waals surface area contributed by atoms with Crippen LogP contribution >= 0.6 is 0 Å². The van der Waals surface area contributed by atoms with Gasteiger partial charge in [0.25, 0.3) is 0 Å². The number of aromatic nitrogens is 1. The average Bonchev–Trinajstić information content (AvgIpc) is 2.60. The standard InChI is InChI=1S/C23H20N.BrH/c1-17-7-5-9-19(13-17)22-15-21-11-3-4-12-24(21)16-23(22)20-10-6-8-18(2)14-20;/h3-16H,1-2H3;1H/q+1;/p-1. The van der Waals surface area contributed by atoms with Crippen LogP contribution in [0.2, 0.25) is 0 Å². The molecule has 0 fully saturated rings. The van der Waals surface area contributed by atoms with Crippen LogP contribution in [-0.2, 0) is 0 Å². The molecule has 0 atom stereocenters. The van der Waals surface area contributed by atoms with Crippen molar-refractivity contribution in [3.05, 3.63) is 96.3 Å². The molecule has 0 saturated carbocycles. The summed E-state index contributed by atoms with van der Waals surface area (Å²) in [5.41, 5.74) is 8.81. The van der Waals surface area contributed by atoms with Gasteiger partial charge in [-0.2, -0.15) is 4.40 Å². The highest BCUT2D eigenvalue weighted by atomic mass is 79.9. The molecule has 124 valence electrons. The summed E-state index contributed by atoms with van der Waals surface area (Å²) in [6.07, 6.45) is 4.34. The molecule has 2 aromatic carbocycles. The van der Waals surface area contributed by atoms with Gasteiger partial charge in [-0.3, -0.25) is 0 Å². The molecular weight excluding hydrogens is 370 g/mol. The van der Waals surface area contributed by atoms with Crippen molar-refractivity contribution in [1.82, 2.24) is 0 Å². The lowest BCUT2D eigenvalue weighted by Crippen LogP contribution is -3.00. The van der Waals surface area contributed by atoms with E-state index in [1.54, 1.807) is 0 Å². The first-order valence-corrected chi connectivity index (χ1v) is 8.29.